The van der Waals surface area contributed by atoms with E-state index in [0.29, 0.717) is 24.5 Å². The highest BCUT2D eigenvalue weighted by atomic mass is 32.2. The van der Waals surface area contributed by atoms with Gasteiger partial charge in [-0.05, 0) is 31.4 Å². The minimum Gasteiger partial charge on any atom is -0.360 e. The molecule has 1 N–H and O–H groups in total. The average Bonchev–Trinajstić information content (AvgIpc) is 2.86. The minimum atomic E-state index is -3.57. The predicted molar refractivity (Wildman–Crippen MR) is 86.6 cm³/mol. The van der Waals surface area contributed by atoms with Gasteiger partial charge in [-0.2, -0.15) is 0 Å². The van der Waals surface area contributed by atoms with Crippen LogP contribution in [0.25, 0.3) is 0 Å². The Hall–Kier alpha value is -1.70. The lowest BCUT2D eigenvalue weighted by atomic mass is 10.0. The van der Waals surface area contributed by atoms with Gasteiger partial charge < -0.3 is 4.52 Å². The van der Waals surface area contributed by atoms with Crippen molar-refractivity contribution in [3.8, 4) is 0 Å². The molecule has 124 valence electrons. The summed E-state index contributed by atoms with van der Waals surface area (Å²) in [6.45, 7) is 6.10. The predicted octanol–water partition coefficient (Wildman–Crippen LogP) is 1.63. The summed E-state index contributed by atoms with van der Waals surface area (Å²) in [6, 6.07) is 8.40. The van der Waals surface area contributed by atoms with Gasteiger partial charge in [0.2, 0.25) is 10.0 Å². The second-order valence-corrected chi connectivity index (χ2v) is 7.55. The van der Waals surface area contributed by atoms with Crippen molar-refractivity contribution in [2.24, 2.45) is 0 Å². The Morgan fingerprint density at radius 2 is 2.00 bits per heavy atom. The SMILES string of the molecule is Cc1noc(C)c1S(=O)(=O)NCCN1CCc2ccccc2C1. The molecule has 0 saturated heterocycles. The summed E-state index contributed by atoms with van der Waals surface area (Å²) in [6.07, 6.45) is 1.01. The zero-order chi connectivity index (χ0) is 16.4. The van der Waals surface area contributed by atoms with Crippen molar-refractivity contribution in [1.29, 1.82) is 0 Å². The largest absolute Gasteiger partial charge is 0.360 e. The number of benzene rings is 1. The third-order valence-corrected chi connectivity index (χ3v) is 5.87. The van der Waals surface area contributed by atoms with Crippen molar-refractivity contribution in [3.05, 3.63) is 46.8 Å². The molecule has 0 atom stereocenters. The molecule has 1 aliphatic rings. The Labute approximate surface area is 136 Å². The monoisotopic (exact) mass is 335 g/mol. The lowest BCUT2D eigenvalue weighted by Crippen LogP contribution is -2.38. The fourth-order valence-electron chi connectivity index (χ4n) is 3.01. The third kappa shape index (κ3) is 3.46. The maximum absolute atomic E-state index is 12.3. The van der Waals surface area contributed by atoms with E-state index in [0.717, 1.165) is 19.5 Å². The molecular formula is C16H21N3O3S. The zero-order valence-electron chi connectivity index (χ0n) is 13.4. The van der Waals surface area contributed by atoms with Crippen molar-refractivity contribution in [2.75, 3.05) is 19.6 Å². The second kappa shape index (κ2) is 6.43. The van der Waals surface area contributed by atoms with E-state index < -0.39 is 10.0 Å². The van der Waals surface area contributed by atoms with Gasteiger partial charge in [-0.3, -0.25) is 4.90 Å². The van der Waals surface area contributed by atoms with Crippen LogP contribution in [-0.2, 0) is 23.0 Å². The molecular weight excluding hydrogens is 314 g/mol. The van der Waals surface area contributed by atoms with E-state index in [1.807, 2.05) is 6.07 Å². The standard InChI is InChI=1S/C16H21N3O3S/c1-12-16(13(2)22-18-12)23(20,21)17-8-10-19-9-7-14-5-3-4-6-15(14)11-19/h3-6,17H,7-11H2,1-2H3. The number of fused-ring (bicyclic) bond motifs is 1. The topological polar surface area (TPSA) is 75.4 Å². The van der Waals surface area contributed by atoms with Crippen molar-refractivity contribution in [3.63, 3.8) is 0 Å². The Bertz CT molecular complexity index is 779. The molecule has 7 heteroatoms. The summed E-state index contributed by atoms with van der Waals surface area (Å²) in [5.74, 6) is 0.321. The number of nitrogens with zero attached hydrogens (tertiary/aromatic N) is 2. The molecule has 1 aromatic heterocycles. The average molecular weight is 335 g/mol. The molecule has 2 aromatic rings. The van der Waals surface area contributed by atoms with Crippen LogP contribution in [0, 0.1) is 13.8 Å². The van der Waals surface area contributed by atoms with Crippen molar-refractivity contribution in [1.82, 2.24) is 14.8 Å². The lowest BCUT2D eigenvalue weighted by Gasteiger charge is -2.28. The van der Waals surface area contributed by atoms with Crippen LogP contribution in [0.3, 0.4) is 0 Å². The highest BCUT2D eigenvalue weighted by Crippen LogP contribution is 2.19. The molecule has 2 heterocycles. The Kier molecular flexibility index (Phi) is 4.52. The third-order valence-electron chi connectivity index (χ3n) is 4.17. The lowest BCUT2D eigenvalue weighted by molar-refractivity contribution is 0.258. The van der Waals surface area contributed by atoms with Crippen LogP contribution in [0.5, 0.6) is 0 Å². The van der Waals surface area contributed by atoms with E-state index in [2.05, 4.69) is 33.0 Å². The highest BCUT2D eigenvalue weighted by Gasteiger charge is 2.24. The fourth-order valence-corrected chi connectivity index (χ4v) is 4.36. The van der Waals surface area contributed by atoms with E-state index in [1.165, 1.54) is 11.1 Å². The van der Waals surface area contributed by atoms with E-state index >= 15 is 0 Å². The second-order valence-electron chi connectivity index (χ2n) is 5.85. The molecule has 1 aliphatic heterocycles. The summed E-state index contributed by atoms with van der Waals surface area (Å²) in [5, 5.41) is 3.70. The maximum atomic E-state index is 12.3. The van der Waals surface area contributed by atoms with Gasteiger partial charge in [-0.1, -0.05) is 29.4 Å². The summed E-state index contributed by atoms with van der Waals surface area (Å²) in [5.41, 5.74) is 3.11. The fraction of sp³-hybridized carbons (Fsp3) is 0.438. The number of sulfonamides is 1. The van der Waals surface area contributed by atoms with Crippen LogP contribution < -0.4 is 4.72 Å². The van der Waals surface area contributed by atoms with Gasteiger partial charge in [0.15, 0.2) is 5.76 Å². The first-order valence-corrected chi connectivity index (χ1v) is 9.17. The highest BCUT2D eigenvalue weighted by molar-refractivity contribution is 7.89. The van der Waals surface area contributed by atoms with Gasteiger partial charge in [0, 0.05) is 26.2 Å². The number of aromatic nitrogens is 1. The normalized spacial score (nSPS) is 15.6. The smallest absolute Gasteiger partial charge is 0.246 e. The van der Waals surface area contributed by atoms with Crippen molar-refractivity contribution >= 4 is 10.0 Å². The van der Waals surface area contributed by atoms with Crippen molar-refractivity contribution < 1.29 is 12.9 Å². The molecule has 0 amide bonds. The van der Waals surface area contributed by atoms with Gasteiger partial charge in [-0.25, -0.2) is 13.1 Å². The van der Waals surface area contributed by atoms with Gasteiger partial charge in [0.25, 0.3) is 0 Å². The van der Waals surface area contributed by atoms with Crippen LogP contribution in [0.4, 0.5) is 0 Å². The molecule has 0 radical (unpaired) electrons. The first-order valence-electron chi connectivity index (χ1n) is 7.69. The molecule has 0 bridgehead atoms. The molecule has 6 nitrogen and oxygen atoms in total. The number of aryl methyl sites for hydroxylation is 2. The first-order chi connectivity index (χ1) is 11.0. The Balaban J connectivity index is 1.58. The molecule has 0 fully saturated rings. The molecule has 0 unspecified atom stereocenters. The number of nitrogens with one attached hydrogen (secondary N) is 1. The van der Waals surface area contributed by atoms with Gasteiger partial charge in [0.1, 0.15) is 10.6 Å². The molecule has 0 saturated carbocycles. The molecule has 0 aliphatic carbocycles. The Morgan fingerprint density at radius 3 is 2.70 bits per heavy atom. The number of hydrogen-bond acceptors (Lipinski definition) is 5. The zero-order valence-corrected chi connectivity index (χ0v) is 14.2. The molecule has 1 aromatic carbocycles. The van der Waals surface area contributed by atoms with Crippen LogP contribution in [0.15, 0.2) is 33.7 Å². The summed E-state index contributed by atoms with van der Waals surface area (Å²) in [7, 11) is -3.57. The minimum absolute atomic E-state index is 0.154. The van der Waals surface area contributed by atoms with Gasteiger partial charge in [0.05, 0.1) is 0 Å². The van der Waals surface area contributed by atoms with Crippen LogP contribution >= 0.6 is 0 Å². The first kappa shape index (κ1) is 16.2. The van der Waals surface area contributed by atoms with Gasteiger partial charge >= 0.3 is 0 Å². The van der Waals surface area contributed by atoms with Crippen LogP contribution in [0.1, 0.15) is 22.6 Å². The van der Waals surface area contributed by atoms with E-state index in [-0.39, 0.29) is 4.90 Å². The maximum Gasteiger partial charge on any atom is 0.246 e. The summed E-state index contributed by atoms with van der Waals surface area (Å²) in [4.78, 5) is 2.42. The quantitative estimate of drug-likeness (QED) is 0.899. The molecule has 3 rings (SSSR count). The van der Waals surface area contributed by atoms with Crippen LogP contribution in [-0.4, -0.2) is 38.1 Å². The molecule has 0 spiro atoms. The number of rotatable bonds is 5. The Morgan fingerprint density at radius 1 is 1.26 bits per heavy atom. The molecule has 23 heavy (non-hydrogen) atoms. The summed E-state index contributed by atoms with van der Waals surface area (Å²) >= 11 is 0. The van der Waals surface area contributed by atoms with Crippen molar-refractivity contribution in [2.45, 2.75) is 31.7 Å². The number of hydrogen-bond donors (Lipinski definition) is 1. The summed E-state index contributed by atoms with van der Waals surface area (Å²) < 4.78 is 32.3. The van der Waals surface area contributed by atoms with Gasteiger partial charge in [-0.15, -0.1) is 0 Å². The van der Waals surface area contributed by atoms with E-state index in [1.54, 1.807) is 13.8 Å². The van der Waals surface area contributed by atoms with E-state index in [9.17, 15) is 8.42 Å². The van der Waals surface area contributed by atoms with E-state index in [4.69, 9.17) is 4.52 Å². The van der Waals surface area contributed by atoms with Crippen LogP contribution in [0.2, 0.25) is 0 Å².